The number of ether oxygens (including phenoxy) is 2. The predicted octanol–water partition coefficient (Wildman–Crippen LogP) is 0.475. The molecule has 1 fully saturated rings. The van der Waals surface area contributed by atoms with Crippen molar-refractivity contribution in [2.24, 2.45) is 7.05 Å². The number of aromatic nitrogens is 2. The van der Waals surface area contributed by atoms with Gasteiger partial charge < -0.3 is 14.8 Å². The van der Waals surface area contributed by atoms with Crippen LogP contribution in [0.2, 0.25) is 0 Å². The lowest BCUT2D eigenvalue weighted by Crippen LogP contribution is -2.29. The highest BCUT2D eigenvalue weighted by Gasteiger charge is 2.19. The third-order valence-electron chi connectivity index (χ3n) is 2.88. The molecule has 6 heteroatoms. The highest BCUT2D eigenvalue weighted by molar-refractivity contribution is 5.88. The maximum atomic E-state index is 11.7. The Morgan fingerprint density at radius 3 is 3.22 bits per heavy atom. The molecule has 2 rings (SSSR count). The van der Waals surface area contributed by atoms with E-state index in [4.69, 9.17) is 9.47 Å². The number of hydrogen-bond acceptors (Lipinski definition) is 5. The van der Waals surface area contributed by atoms with Gasteiger partial charge in [0, 0.05) is 38.0 Å². The van der Waals surface area contributed by atoms with E-state index in [0.29, 0.717) is 24.9 Å². The van der Waals surface area contributed by atoms with Crippen molar-refractivity contribution in [1.82, 2.24) is 15.1 Å². The molecule has 1 unspecified atom stereocenters. The SMILES string of the molecule is CCOC(=O)c1nn(C)cc1CNC1CCOC1. The van der Waals surface area contributed by atoms with Crippen LogP contribution in [0, 0.1) is 0 Å². The van der Waals surface area contributed by atoms with Crippen molar-refractivity contribution in [2.75, 3.05) is 19.8 Å². The van der Waals surface area contributed by atoms with Gasteiger partial charge in [-0.2, -0.15) is 5.10 Å². The van der Waals surface area contributed by atoms with Crippen LogP contribution in [0.15, 0.2) is 6.20 Å². The highest BCUT2D eigenvalue weighted by Crippen LogP contribution is 2.10. The molecule has 6 nitrogen and oxygen atoms in total. The number of carbonyl (C=O) groups excluding carboxylic acids is 1. The van der Waals surface area contributed by atoms with Gasteiger partial charge in [0.1, 0.15) is 0 Å². The molecule has 1 aliphatic heterocycles. The molecule has 0 aromatic carbocycles. The van der Waals surface area contributed by atoms with Gasteiger partial charge in [-0.15, -0.1) is 0 Å². The third-order valence-corrected chi connectivity index (χ3v) is 2.88. The van der Waals surface area contributed by atoms with E-state index in [0.717, 1.165) is 25.2 Å². The molecule has 100 valence electrons. The number of esters is 1. The van der Waals surface area contributed by atoms with Gasteiger partial charge in [0.2, 0.25) is 0 Å². The molecule has 1 atom stereocenters. The van der Waals surface area contributed by atoms with Crippen molar-refractivity contribution < 1.29 is 14.3 Å². The van der Waals surface area contributed by atoms with Crippen LogP contribution in [0.3, 0.4) is 0 Å². The van der Waals surface area contributed by atoms with Crippen LogP contribution in [0.1, 0.15) is 29.4 Å². The number of hydrogen-bond donors (Lipinski definition) is 1. The smallest absolute Gasteiger partial charge is 0.359 e. The fourth-order valence-corrected chi connectivity index (χ4v) is 1.99. The second-order valence-electron chi connectivity index (χ2n) is 4.34. The lowest BCUT2D eigenvalue weighted by molar-refractivity contribution is 0.0517. The molecule has 0 spiro atoms. The van der Waals surface area contributed by atoms with Crippen LogP contribution in [0.5, 0.6) is 0 Å². The highest BCUT2D eigenvalue weighted by atomic mass is 16.5. The van der Waals surface area contributed by atoms with Crippen LogP contribution >= 0.6 is 0 Å². The molecular formula is C12H19N3O3. The van der Waals surface area contributed by atoms with Crippen LogP contribution in [-0.4, -0.2) is 41.6 Å². The Balaban J connectivity index is 1.99. The standard InChI is InChI=1S/C12H19N3O3/c1-3-18-12(16)11-9(7-15(2)14-11)6-13-10-4-5-17-8-10/h7,10,13H,3-6,8H2,1-2H3. The minimum atomic E-state index is -0.363. The first-order valence-corrected chi connectivity index (χ1v) is 6.21. The van der Waals surface area contributed by atoms with E-state index in [1.54, 1.807) is 18.7 Å². The van der Waals surface area contributed by atoms with Crippen molar-refractivity contribution in [3.05, 3.63) is 17.5 Å². The molecule has 0 saturated carbocycles. The van der Waals surface area contributed by atoms with Crippen LogP contribution in [0.4, 0.5) is 0 Å². The first kappa shape index (κ1) is 13.0. The molecule has 1 saturated heterocycles. The maximum Gasteiger partial charge on any atom is 0.359 e. The number of rotatable bonds is 5. The van der Waals surface area contributed by atoms with E-state index in [-0.39, 0.29) is 5.97 Å². The van der Waals surface area contributed by atoms with Gasteiger partial charge >= 0.3 is 5.97 Å². The fourth-order valence-electron chi connectivity index (χ4n) is 1.99. The summed E-state index contributed by atoms with van der Waals surface area (Å²) in [5.41, 5.74) is 1.26. The van der Waals surface area contributed by atoms with Crippen molar-refractivity contribution in [1.29, 1.82) is 0 Å². The minimum Gasteiger partial charge on any atom is -0.461 e. The lowest BCUT2D eigenvalue weighted by Gasteiger charge is -2.09. The zero-order valence-corrected chi connectivity index (χ0v) is 10.8. The average molecular weight is 253 g/mol. The normalized spacial score (nSPS) is 19.1. The van der Waals surface area contributed by atoms with Crippen molar-refractivity contribution in [3.63, 3.8) is 0 Å². The monoisotopic (exact) mass is 253 g/mol. The Hall–Kier alpha value is -1.40. The molecule has 18 heavy (non-hydrogen) atoms. The molecule has 1 aromatic heterocycles. The zero-order chi connectivity index (χ0) is 13.0. The molecule has 0 bridgehead atoms. The summed E-state index contributed by atoms with van der Waals surface area (Å²) in [4.78, 5) is 11.7. The van der Waals surface area contributed by atoms with E-state index < -0.39 is 0 Å². The van der Waals surface area contributed by atoms with Crippen molar-refractivity contribution in [2.45, 2.75) is 25.9 Å². The summed E-state index contributed by atoms with van der Waals surface area (Å²) in [5, 5.41) is 7.51. The Bertz CT molecular complexity index is 411. The molecule has 2 heterocycles. The van der Waals surface area contributed by atoms with E-state index in [1.807, 2.05) is 6.20 Å². The number of nitrogens with one attached hydrogen (secondary N) is 1. The van der Waals surface area contributed by atoms with Crippen LogP contribution in [-0.2, 0) is 23.1 Å². The molecule has 1 aliphatic rings. The predicted molar refractivity (Wildman–Crippen MR) is 65.2 cm³/mol. The largest absolute Gasteiger partial charge is 0.461 e. The summed E-state index contributed by atoms with van der Waals surface area (Å²) in [6.45, 7) is 4.29. The Labute approximate surface area is 106 Å². The van der Waals surface area contributed by atoms with E-state index >= 15 is 0 Å². The van der Waals surface area contributed by atoms with Gasteiger partial charge in [0.15, 0.2) is 5.69 Å². The first-order chi connectivity index (χ1) is 8.70. The maximum absolute atomic E-state index is 11.7. The molecule has 0 aliphatic carbocycles. The van der Waals surface area contributed by atoms with E-state index in [9.17, 15) is 4.79 Å². The molecule has 1 aromatic rings. The number of nitrogens with zero attached hydrogens (tertiary/aromatic N) is 2. The van der Waals surface area contributed by atoms with E-state index in [1.165, 1.54) is 0 Å². The van der Waals surface area contributed by atoms with Crippen LogP contribution < -0.4 is 5.32 Å². The summed E-state index contributed by atoms with van der Waals surface area (Å²) in [6, 6.07) is 0.361. The summed E-state index contributed by atoms with van der Waals surface area (Å²) in [7, 11) is 1.80. The summed E-state index contributed by atoms with van der Waals surface area (Å²) in [5.74, 6) is -0.363. The van der Waals surface area contributed by atoms with Gasteiger partial charge in [0.25, 0.3) is 0 Å². The van der Waals surface area contributed by atoms with Gasteiger partial charge in [0.05, 0.1) is 13.2 Å². The molecule has 1 N–H and O–H groups in total. The third kappa shape index (κ3) is 3.08. The fraction of sp³-hybridized carbons (Fsp3) is 0.667. The van der Waals surface area contributed by atoms with Crippen molar-refractivity contribution in [3.8, 4) is 0 Å². The van der Waals surface area contributed by atoms with Gasteiger partial charge in [-0.05, 0) is 13.3 Å². The summed E-state index contributed by atoms with van der Waals surface area (Å²) < 4.78 is 11.9. The van der Waals surface area contributed by atoms with Gasteiger partial charge in [-0.1, -0.05) is 0 Å². The second kappa shape index (κ2) is 5.97. The second-order valence-corrected chi connectivity index (χ2v) is 4.34. The molecular weight excluding hydrogens is 234 g/mol. The average Bonchev–Trinajstić information content (AvgIpc) is 2.95. The van der Waals surface area contributed by atoms with Crippen molar-refractivity contribution >= 4 is 5.97 Å². The Morgan fingerprint density at radius 1 is 1.72 bits per heavy atom. The molecule has 0 radical (unpaired) electrons. The topological polar surface area (TPSA) is 65.4 Å². The van der Waals surface area contributed by atoms with Gasteiger partial charge in [-0.3, -0.25) is 4.68 Å². The first-order valence-electron chi connectivity index (χ1n) is 6.21. The Kier molecular flexibility index (Phi) is 4.33. The molecule has 0 amide bonds. The quantitative estimate of drug-likeness (QED) is 0.773. The minimum absolute atomic E-state index is 0.360. The zero-order valence-electron chi connectivity index (χ0n) is 10.8. The van der Waals surface area contributed by atoms with E-state index in [2.05, 4.69) is 10.4 Å². The lowest BCUT2D eigenvalue weighted by atomic mass is 10.2. The number of aryl methyl sites for hydroxylation is 1. The summed E-state index contributed by atoms with van der Waals surface area (Å²) >= 11 is 0. The van der Waals surface area contributed by atoms with Gasteiger partial charge in [-0.25, -0.2) is 4.79 Å². The summed E-state index contributed by atoms with van der Waals surface area (Å²) in [6.07, 6.45) is 2.85. The van der Waals surface area contributed by atoms with Crippen LogP contribution in [0.25, 0.3) is 0 Å². The Morgan fingerprint density at radius 2 is 2.56 bits per heavy atom. The number of carbonyl (C=O) groups is 1.